The minimum Gasteiger partial charge on any atom is -0.382 e. The van der Waals surface area contributed by atoms with Crippen LogP contribution < -0.4 is 10.6 Å². The third-order valence-electron chi connectivity index (χ3n) is 3.30. The molecule has 3 nitrogen and oxygen atoms in total. The molecular formula is C14H19N3. The predicted octanol–water partition coefficient (Wildman–Crippen LogP) is 2.42. The molecule has 1 fully saturated rings. The maximum absolute atomic E-state index is 8.92. The van der Waals surface area contributed by atoms with Gasteiger partial charge in [0.15, 0.2) is 0 Å². The normalized spacial score (nSPS) is 20.4. The van der Waals surface area contributed by atoms with Gasteiger partial charge in [-0.05, 0) is 57.0 Å². The maximum Gasteiger partial charge on any atom is 0.0992 e. The van der Waals surface area contributed by atoms with Crippen LogP contribution in [0.5, 0.6) is 0 Å². The fourth-order valence-electron chi connectivity index (χ4n) is 2.23. The smallest absolute Gasteiger partial charge is 0.0992 e. The SMILES string of the molecule is Cc1ccc(C#N)cc1NC1CCCNCC1. The Kier molecular flexibility index (Phi) is 4.00. The first-order valence-electron chi connectivity index (χ1n) is 6.27. The summed E-state index contributed by atoms with van der Waals surface area (Å²) in [6.07, 6.45) is 3.56. The lowest BCUT2D eigenvalue weighted by Gasteiger charge is -2.19. The first-order chi connectivity index (χ1) is 8.29. The molecule has 0 spiro atoms. The Balaban J connectivity index is 2.09. The van der Waals surface area contributed by atoms with Crippen molar-refractivity contribution in [1.82, 2.24) is 5.32 Å². The second-order valence-electron chi connectivity index (χ2n) is 4.66. The van der Waals surface area contributed by atoms with Crippen LogP contribution in [0, 0.1) is 18.3 Å². The number of anilines is 1. The van der Waals surface area contributed by atoms with Crippen LogP contribution in [0.2, 0.25) is 0 Å². The molecule has 1 aliphatic rings. The van der Waals surface area contributed by atoms with Gasteiger partial charge in [0.2, 0.25) is 0 Å². The number of nitrogens with one attached hydrogen (secondary N) is 2. The van der Waals surface area contributed by atoms with E-state index in [1.165, 1.54) is 18.4 Å². The molecule has 1 aromatic carbocycles. The zero-order valence-electron chi connectivity index (χ0n) is 10.3. The second kappa shape index (κ2) is 5.70. The fourth-order valence-corrected chi connectivity index (χ4v) is 2.23. The Labute approximate surface area is 103 Å². The van der Waals surface area contributed by atoms with E-state index >= 15 is 0 Å². The summed E-state index contributed by atoms with van der Waals surface area (Å²) in [4.78, 5) is 0. The predicted molar refractivity (Wildman–Crippen MR) is 70.0 cm³/mol. The number of aryl methyl sites for hydroxylation is 1. The van der Waals surface area contributed by atoms with Gasteiger partial charge in [-0.2, -0.15) is 5.26 Å². The van der Waals surface area contributed by atoms with E-state index in [0.29, 0.717) is 6.04 Å². The van der Waals surface area contributed by atoms with Gasteiger partial charge in [-0.3, -0.25) is 0 Å². The molecule has 17 heavy (non-hydrogen) atoms. The monoisotopic (exact) mass is 229 g/mol. The van der Waals surface area contributed by atoms with Crippen molar-refractivity contribution in [3.63, 3.8) is 0 Å². The molecule has 1 unspecified atom stereocenters. The van der Waals surface area contributed by atoms with Crippen molar-refractivity contribution in [2.24, 2.45) is 0 Å². The lowest BCUT2D eigenvalue weighted by Crippen LogP contribution is -2.21. The third kappa shape index (κ3) is 3.21. The highest BCUT2D eigenvalue weighted by Crippen LogP contribution is 2.20. The number of nitrogens with zero attached hydrogens (tertiary/aromatic N) is 1. The van der Waals surface area contributed by atoms with Crippen LogP contribution in [0.1, 0.15) is 30.4 Å². The van der Waals surface area contributed by atoms with E-state index in [9.17, 15) is 0 Å². The van der Waals surface area contributed by atoms with Crippen molar-refractivity contribution >= 4 is 5.69 Å². The van der Waals surface area contributed by atoms with E-state index in [1.54, 1.807) is 0 Å². The van der Waals surface area contributed by atoms with Gasteiger partial charge in [0, 0.05) is 11.7 Å². The van der Waals surface area contributed by atoms with E-state index in [0.717, 1.165) is 30.8 Å². The van der Waals surface area contributed by atoms with E-state index < -0.39 is 0 Å². The quantitative estimate of drug-likeness (QED) is 0.818. The Morgan fingerprint density at radius 2 is 2.24 bits per heavy atom. The number of rotatable bonds is 2. The van der Waals surface area contributed by atoms with Crippen molar-refractivity contribution in [3.05, 3.63) is 29.3 Å². The molecule has 3 heteroatoms. The topological polar surface area (TPSA) is 47.9 Å². The standard InChI is InChI=1S/C14H19N3/c1-11-4-5-12(10-15)9-14(11)17-13-3-2-7-16-8-6-13/h4-5,9,13,16-17H,2-3,6-8H2,1H3. The minimum atomic E-state index is 0.526. The summed E-state index contributed by atoms with van der Waals surface area (Å²) >= 11 is 0. The molecule has 0 aromatic heterocycles. The van der Waals surface area contributed by atoms with Crippen LogP contribution >= 0.6 is 0 Å². The average molecular weight is 229 g/mol. The highest BCUT2D eigenvalue weighted by Gasteiger charge is 2.12. The Hall–Kier alpha value is -1.53. The molecule has 1 atom stereocenters. The Morgan fingerprint density at radius 1 is 1.35 bits per heavy atom. The Bertz CT molecular complexity index is 412. The van der Waals surface area contributed by atoms with Gasteiger partial charge in [0.1, 0.15) is 0 Å². The van der Waals surface area contributed by atoms with Gasteiger partial charge in [-0.25, -0.2) is 0 Å². The summed E-state index contributed by atoms with van der Waals surface area (Å²) in [7, 11) is 0. The van der Waals surface area contributed by atoms with Crippen LogP contribution in [0.25, 0.3) is 0 Å². The van der Waals surface area contributed by atoms with Crippen LogP contribution in [0.3, 0.4) is 0 Å². The van der Waals surface area contributed by atoms with Gasteiger partial charge in [-0.15, -0.1) is 0 Å². The molecule has 2 N–H and O–H groups in total. The first-order valence-corrected chi connectivity index (χ1v) is 6.27. The summed E-state index contributed by atoms with van der Waals surface area (Å²) < 4.78 is 0. The zero-order chi connectivity index (χ0) is 12.1. The summed E-state index contributed by atoms with van der Waals surface area (Å²) in [5.41, 5.74) is 3.04. The molecule has 2 rings (SSSR count). The van der Waals surface area contributed by atoms with Gasteiger partial charge >= 0.3 is 0 Å². The van der Waals surface area contributed by atoms with Crippen molar-refractivity contribution in [2.45, 2.75) is 32.2 Å². The van der Waals surface area contributed by atoms with Gasteiger partial charge in [0.05, 0.1) is 11.6 Å². The molecule has 90 valence electrons. The molecule has 0 radical (unpaired) electrons. The number of benzene rings is 1. The molecule has 0 saturated carbocycles. The van der Waals surface area contributed by atoms with Gasteiger partial charge < -0.3 is 10.6 Å². The summed E-state index contributed by atoms with van der Waals surface area (Å²) in [5.74, 6) is 0. The van der Waals surface area contributed by atoms with Crippen LogP contribution in [-0.4, -0.2) is 19.1 Å². The highest BCUT2D eigenvalue weighted by molar-refractivity contribution is 5.55. The van der Waals surface area contributed by atoms with Crippen molar-refractivity contribution in [1.29, 1.82) is 5.26 Å². The maximum atomic E-state index is 8.92. The second-order valence-corrected chi connectivity index (χ2v) is 4.66. The van der Waals surface area contributed by atoms with Crippen LogP contribution in [-0.2, 0) is 0 Å². The van der Waals surface area contributed by atoms with Crippen molar-refractivity contribution < 1.29 is 0 Å². The average Bonchev–Trinajstić information content (AvgIpc) is 2.60. The van der Waals surface area contributed by atoms with E-state index in [2.05, 4.69) is 23.6 Å². The summed E-state index contributed by atoms with van der Waals surface area (Å²) in [6.45, 7) is 4.28. The van der Waals surface area contributed by atoms with Crippen LogP contribution in [0.15, 0.2) is 18.2 Å². The minimum absolute atomic E-state index is 0.526. The van der Waals surface area contributed by atoms with E-state index in [-0.39, 0.29) is 0 Å². The third-order valence-corrected chi connectivity index (χ3v) is 3.30. The summed E-state index contributed by atoms with van der Waals surface area (Å²) in [6, 6.07) is 8.55. The lowest BCUT2D eigenvalue weighted by molar-refractivity contribution is 0.637. The van der Waals surface area contributed by atoms with Crippen LogP contribution in [0.4, 0.5) is 5.69 Å². The molecule has 1 aliphatic heterocycles. The number of nitriles is 1. The molecular weight excluding hydrogens is 210 g/mol. The molecule has 0 bridgehead atoms. The number of hydrogen-bond acceptors (Lipinski definition) is 3. The largest absolute Gasteiger partial charge is 0.382 e. The van der Waals surface area contributed by atoms with Crippen molar-refractivity contribution in [3.8, 4) is 6.07 Å². The first kappa shape index (κ1) is 11.9. The van der Waals surface area contributed by atoms with Crippen molar-refractivity contribution in [2.75, 3.05) is 18.4 Å². The molecule has 0 amide bonds. The van der Waals surface area contributed by atoms with Gasteiger partial charge in [-0.1, -0.05) is 6.07 Å². The Morgan fingerprint density at radius 3 is 3.06 bits per heavy atom. The zero-order valence-corrected chi connectivity index (χ0v) is 10.3. The van der Waals surface area contributed by atoms with E-state index in [4.69, 9.17) is 5.26 Å². The lowest BCUT2D eigenvalue weighted by atomic mass is 10.1. The summed E-state index contributed by atoms with van der Waals surface area (Å²) in [5, 5.41) is 15.9. The molecule has 1 heterocycles. The van der Waals surface area contributed by atoms with E-state index in [1.807, 2.05) is 18.2 Å². The number of hydrogen-bond donors (Lipinski definition) is 2. The fraction of sp³-hybridized carbons (Fsp3) is 0.500. The molecule has 1 aromatic rings. The molecule has 0 aliphatic carbocycles. The highest BCUT2D eigenvalue weighted by atomic mass is 14.9. The molecule has 1 saturated heterocycles. The van der Waals surface area contributed by atoms with Gasteiger partial charge in [0.25, 0.3) is 0 Å².